The molecule has 0 aliphatic carbocycles. The number of rotatable bonds is 0. The molecule has 64 valence electrons. The van der Waals surface area contributed by atoms with Gasteiger partial charge in [0.05, 0.1) is 0 Å². The SMILES string of the molecule is CO.O=S(=O)(Cl)Cl.O=S=O. The molecule has 0 aliphatic rings. The first-order chi connectivity index (χ1) is 4.41. The summed E-state index contributed by atoms with van der Waals surface area (Å²) in [5, 5.41) is 7.00. The molecule has 0 aliphatic heterocycles. The van der Waals surface area contributed by atoms with E-state index >= 15 is 0 Å². The lowest BCUT2D eigenvalue weighted by Crippen LogP contribution is -1.63. The zero-order valence-corrected chi connectivity index (χ0v) is 7.80. The maximum Gasteiger partial charge on any atom is 0.335 e. The molecule has 9 heteroatoms. The van der Waals surface area contributed by atoms with Crippen LogP contribution in [-0.4, -0.2) is 29.1 Å². The second kappa shape index (κ2) is 12.0. The van der Waals surface area contributed by atoms with Gasteiger partial charge in [-0.1, -0.05) is 0 Å². The maximum atomic E-state index is 9.16. The van der Waals surface area contributed by atoms with Gasteiger partial charge in [0.25, 0.3) is 0 Å². The molecule has 10 heavy (non-hydrogen) atoms. The molecule has 0 spiro atoms. The van der Waals surface area contributed by atoms with Crippen LogP contribution in [-0.2, 0) is 19.8 Å². The fraction of sp³-hybridized carbons (Fsp3) is 1.00. The Labute approximate surface area is 70.5 Å². The number of hydrogen-bond donors (Lipinski definition) is 1. The summed E-state index contributed by atoms with van der Waals surface area (Å²) in [5.74, 6) is 0. The van der Waals surface area contributed by atoms with E-state index in [2.05, 4.69) is 21.4 Å². The minimum Gasteiger partial charge on any atom is -0.400 e. The molecule has 0 unspecified atom stereocenters. The van der Waals surface area contributed by atoms with Gasteiger partial charge in [-0.15, -0.1) is 0 Å². The second-order valence-electron chi connectivity index (χ2n) is 0.446. The van der Waals surface area contributed by atoms with Crippen molar-refractivity contribution in [3.63, 3.8) is 0 Å². The first-order valence-electron chi connectivity index (χ1n) is 1.42. The van der Waals surface area contributed by atoms with Crippen molar-refractivity contribution >= 4 is 41.2 Å². The summed E-state index contributed by atoms with van der Waals surface area (Å²) in [5.41, 5.74) is 0. The van der Waals surface area contributed by atoms with Crippen LogP contribution in [0.3, 0.4) is 0 Å². The molecule has 0 saturated heterocycles. The van der Waals surface area contributed by atoms with Crippen LogP contribution in [0.15, 0.2) is 0 Å². The van der Waals surface area contributed by atoms with Crippen LogP contribution in [0.1, 0.15) is 0 Å². The standard InChI is InChI=1S/CH4O.Cl2O2S.O2S/c1-2;1-5(2,3)4;1-3-2/h2H,1H3;;. The van der Waals surface area contributed by atoms with E-state index in [4.69, 9.17) is 21.9 Å². The zero-order valence-electron chi connectivity index (χ0n) is 4.65. The van der Waals surface area contributed by atoms with Crippen LogP contribution < -0.4 is 0 Å². The van der Waals surface area contributed by atoms with Gasteiger partial charge >= 0.3 is 19.8 Å². The molecular weight excluding hydrogens is 227 g/mol. The highest BCUT2D eigenvalue weighted by Gasteiger charge is 1.88. The van der Waals surface area contributed by atoms with Gasteiger partial charge in [0.2, 0.25) is 0 Å². The number of hydrogen-bond acceptors (Lipinski definition) is 5. The largest absolute Gasteiger partial charge is 0.400 e. The van der Waals surface area contributed by atoms with Crippen LogP contribution in [0.25, 0.3) is 0 Å². The molecule has 0 radical (unpaired) electrons. The minimum absolute atomic E-state index is 0.750. The van der Waals surface area contributed by atoms with E-state index in [9.17, 15) is 0 Å². The zero-order chi connectivity index (χ0) is 9.21. The van der Waals surface area contributed by atoms with Crippen LogP contribution in [0, 0.1) is 0 Å². The van der Waals surface area contributed by atoms with Crippen molar-refractivity contribution in [3.8, 4) is 0 Å². The quantitative estimate of drug-likeness (QED) is 0.575. The van der Waals surface area contributed by atoms with Gasteiger partial charge in [-0.2, -0.15) is 16.8 Å². The van der Waals surface area contributed by atoms with Gasteiger partial charge in [-0.05, 0) is 0 Å². The predicted octanol–water partition coefficient (Wildman–Crippen LogP) is -0.353. The minimum atomic E-state index is -3.72. The molecule has 5 nitrogen and oxygen atoms in total. The van der Waals surface area contributed by atoms with E-state index in [1.54, 1.807) is 0 Å². The highest BCUT2D eigenvalue weighted by atomic mass is 36.0. The number of halogens is 2. The van der Waals surface area contributed by atoms with Crippen LogP contribution in [0.2, 0.25) is 0 Å². The Balaban J connectivity index is -0.0000000847. The lowest BCUT2D eigenvalue weighted by Gasteiger charge is -1.61. The third-order valence-corrected chi connectivity index (χ3v) is 0. The molecule has 0 aromatic carbocycles. The Hall–Kier alpha value is 0.310. The topological polar surface area (TPSA) is 88.5 Å². The summed E-state index contributed by atoms with van der Waals surface area (Å²) in [4.78, 5) is 0. The first kappa shape index (κ1) is 16.7. The van der Waals surface area contributed by atoms with E-state index in [1.165, 1.54) is 0 Å². The van der Waals surface area contributed by atoms with Crippen molar-refractivity contribution in [2.24, 2.45) is 0 Å². The van der Waals surface area contributed by atoms with E-state index < -0.39 is 19.8 Å². The van der Waals surface area contributed by atoms with Gasteiger partial charge in [0, 0.05) is 28.5 Å². The molecular formula is CH4Cl2O5S2. The second-order valence-corrected chi connectivity index (χ2v) is 4.25. The molecule has 0 bridgehead atoms. The lowest BCUT2D eigenvalue weighted by atomic mass is 11.8. The third kappa shape index (κ3) is 4620. The Bertz CT molecular complexity index is 158. The molecule has 0 aromatic rings. The highest BCUT2D eigenvalue weighted by molar-refractivity contribution is 8.31. The normalized spacial score (nSPS) is 7.60. The monoisotopic (exact) mass is 230 g/mol. The lowest BCUT2D eigenvalue weighted by molar-refractivity contribution is 0.399. The molecule has 1 N–H and O–H groups in total. The smallest absolute Gasteiger partial charge is 0.335 e. The molecule has 0 aromatic heterocycles. The Kier molecular flexibility index (Phi) is 20.1. The van der Waals surface area contributed by atoms with E-state index in [0.29, 0.717) is 0 Å². The summed E-state index contributed by atoms with van der Waals surface area (Å²) in [7, 11) is 5.81. The van der Waals surface area contributed by atoms with Crippen LogP contribution >= 0.6 is 21.4 Å². The molecule has 0 heterocycles. The van der Waals surface area contributed by atoms with Crippen LogP contribution in [0.5, 0.6) is 0 Å². The predicted molar refractivity (Wildman–Crippen MR) is 37.7 cm³/mol. The van der Waals surface area contributed by atoms with E-state index in [-0.39, 0.29) is 0 Å². The van der Waals surface area contributed by atoms with E-state index in [1.807, 2.05) is 0 Å². The van der Waals surface area contributed by atoms with Gasteiger partial charge < -0.3 is 5.11 Å². The first-order valence-corrected chi connectivity index (χ1v) is 5.22. The highest BCUT2D eigenvalue weighted by Crippen LogP contribution is 1.98. The third-order valence-electron chi connectivity index (χ3n) is 0. The Morgan fingerprint density at radius 3 is 1.20 bits per heavy atom. The summed E-state index contributed by atoms with van der Waals surface area (Å²) < 4.78 is 34.9. The van der Waals surface area contributed by atoms with Crippen molar-refractivity contribution in [1.82, 2.24) is 0 Å². The van der Waals surface area contributed by atoms with Crippen molar-refractivity contribution in [2.75, 3.05) is 7.11 Å². The Morgan fingerprint density at radius 2 is 1.20 bits per heavy atom. The van der Waals surface area contributed by atoms with Crippen molar-refractivity contribution in [2.45, 2.75) is 0 Å². The molecule has 0 saturated carbocycles. The summed E-state index contributed by atoms with van der Waals surface area (Å²) >= 11 is -0.750. The van der Waals surface area contributed by atoms with Gasteiger partial charge in [-0.3, -0.25) is 0 Å². The van der Waals surface area contributed by atoms with Crippen molar-refractivity contribution < 1.29 is 21.9 Å². The molecule has 0 amide bonds. The summed E-state index contributed by atoms with van der Waals surface area (Å²) in [6.07, 6.45) is 0. The summed E-state index contributed by atoms with van der Waals surface area (Å²) in [6.45, 7) is 0. The molecule has 0 atom stereocenters. The van der Waals surface area contributed by atoms with Crippen molar-refractivity contribution in [3.05, 3.63) is 0 Å². The maximum absolute atomic E-state index is 9.16. The van der Waals surface area contributed by atoms with Crippen LogP contribution in [0.4, 0.5) is 0 Å². The fourth-order valence-electron chi connectivity index (χ4n) is 0. The van der Waals surface area contributed by atoms with E-state index in [0.717, 1.165) is 7.11 Å². The molecule has 0 fully saturated rings. The Morgan fingerprint density at radius 1 is 1.20 bits per heavy atom. The average Bonchev–Trinajstić information content (AvgIpc) is 1.68. The van der Waals surface area contributed by atoms with Gasteiger partial charge in [-0.25, -0.2) is 0 Å². The van der Waals surface area contributed by atoms with Crippen molar-refractivity contribution in [1.29, 1.82) is 0 Å². The van der Waals surface area contributed by atoms with Gasteiger partial charge in [0.15, 0.2) is 0 Å². The number of aliphatic hydroxyl groups is 1. The average molecular weight is 231 g/mol. The summed E-state index contributed by atoms with van der Waals surface area (Å²) in [6, 6.07) is 0. The van der Waals surface area contributed by atoms with Gasteiger partial charge in [0.1, 0.15) is 0 Å². The number of aliphatic hydroxyl groups excluding tert-OH is 1. The fourth-order valence-corrected chi connectivity index (χ4v) is 0. The molecule has 0 rings (SSSR count).